The zero-order chi connectivity index (χ0) is 26.3. The maximum absolute atomic E-state index is 12.8. The van der Waals surface area contributed by atoms with E-state index < -0.39 is 79.2 Å². The van der Waals surface area contributed by atoms with Crippen molar-refractivity contribution in [1.29, 1.82) is 0 Å². The Morgan fingerprint density at radius 1 is 0.647 bits per heavy atom. The van der Waals surface area contributed by atoms with Crippen LogP contribution in [0, 0.1) is 0 Å². The summed E-state index contributed by atoms with van der Waals surface area (Å²) >= 11 is 0. The average Bonchev–Trinajstić information content (AvgIpc) is 2.76. The molecule has 0 aromatic carbocycles. The minimum atomic E-state index is -1.39. The molecule has 4 atom stereocenters. The molecular weight excluding hydrogens is 456 g/mol. The molecule has 15 nitrogen and oxygen atoms in total. The predicted molar refractivity (Wildman–Crippen MR) is 117 cm³/mol. The van der Waals surface area contributed by atoms with E-state index in [9.17, 15) is 28.8 Å². The largest absolute Gasteiger partial charge is 0.481 e. The molecule has 0 aliphatic heterocycles. The van der Waals surface area contributed by atoms with Crippen molar-refractivity contribution in [3.63, 3.8) is 0 Å². The van der Waals surface area contributed by atoms with Crippen LogP contribution in [0.4, 0.5) is 0 Å². The summed E-state index contributed by atoms with van der Waals surface area (Å²) in [7, 11) is 0. The summed E-state index contributed by atoms with van der Waals surface area (Å²) in [6.45, 7) is -0.0789. The topological polar surface area (TPSA) is 277 Å². The van der Waals surface area contributed by atoms with Gasteiger partial charge in [-0.3, -0.25) is 24.0 Å². The number of amides is 3. The van der Waals surface area contributed by atoms with Crippen molar-refractivity contribution in [3.05, 3.63) is 0 Å². The molecule has 0 aromatic heterocycles. The van der Waals surface area contributed by atoms with Crippen LogP contribution in [0.25, 0.3) is 0 Å². The van der Waals surface area contributed by atoms with Gasteiger partial charge in [-0.15, -0.1) is 0 Å². The minimum Gasteiger partial charge on any atom is -0.481 e. The Morgan fingerprint density at radius 2 is 1.12 bits per heavy atom. The predicted octanol–water partition coefficient (Wildman–Crippen LogP) is -3.33. The number of rotatable bonds is 18. The normalized spacial score (nSPS) is 14.2. The van der Waals surface area contributed by atoms with Crippen LogP contribution in [0.5, 0.6) is 0 Å². The first-order valence-corrected chi connectivity index (χ1v) is 10.7. The molecule has 0 aromatic rings. The Bertz CT molecular complexity index is 733. The smallest absolute Gasteiger partial charge is 0.327 e. The van der Waals surface area contributed by atoms with Crippen LogP contribution in [0.2, 0.25) is 0 Å². The highest BCUT2D eigenvalue weighted by molar-refractivity contribution is 5.94. The fourth-order valence-electron chi connectivity index (χ4n) is 2.75. The second-order valence-corrected chi connectivity index (χ2v) is 7.51. The van der Waals surface area contributed by atoms with E-state index in [1.165, 1.54) is 0 Å². The summed E-state index contributed by atoms with van der Waals surface area (Å²) in [6.07, 6.45) is -0.442. The van der Waals surface area contributed by atoms with Crippen LogP contribution in [0.3, 0.4) is 0 Å². The van der Waals surface area contributed by atoms with Gasteiger partial charge in [0.15, 0.2) is 0 Å². The third-order valence-corrected chi connectivity index (χ3v) is 4.72. The average molecular weight is 491 g/mol. The van der Waals surface area contributed by atoms with E-state index in [1.807, 2.05) is 0 Å². The van der Waals surface area contributed by atoms with Gasteiger partial charge in [0.2, 0.25) is 17.7 Å². The maximum atomic E-state index is 12.8. The number of carboxylic acids is 3. The van der Waals surface area contributed by atoms with Crippen molar-refractivity contribution in [2.45, 2.75) is 69.1 Å². The third kappa shape index (κ3) is 12.7. The molecule has 0 bridgehead atoms. The quantitative estimate of drug-likeness (QED) is 0.0853. The van der Waals surface area contributed by atoms with E-state index in [2.05, 4.69) is 16.0 Å². The number of unbranched alkanes of at least 4 members (excludes halogenated alkanes) is 1. The summed E-state index contributed by atoms with van der Waals surface area (Å²) in [5, 5.41) is 33.6. The number of aliphatic carboxylic acids is 3. The van der Waals surface area contributed by atoms with E-state index >= 15 is 0 Å². The number of hydrogen-bond donors (Lipinski definition) is 9. The fraction of sp³-hybridized carbons (Fsp3) is 0.684. The molecule has 0 saturated heterocycles. The molecule has 0 fully saturated rings. The summed E-state index contributed by atoms with van der Waals surface area (Å²) in [6, 6.07) is -5.26. The van der Waals surface area contributed by atoms with Crippen molar-refractivity contribution in [2.24, 2.45) is 17.2 Å². The highest BCUT2D eigenvalue weighted by Crippen LogP contribution is 2.06. The SMILES string of the molecule is NCCCC[C@@H](NC(=O)[C@@H](CCC(=O)O)NC(=O)[C@H](N)CCC(=O)O)C(=O)N[C@H](CN)C(=O)O. The number of nitrogens with two attached hydrogens (primary N) is 3. The minimum absolute atomic E-state index is 0.0867. The van der Waals surface area contributed by atoms with Crippen molar-refractivity contribution in [1.82, 2.24) is 16.0 Å². The second kappa shape index (κ2) is 16.3. The number of carbonyl (C=O) groups is 6. The lowest BCUT2D eigenvalue weighted by molar-refractivity contribution is -0.142. The van der Waals surface area contributed by atoms with Crippen molar-refractivity contribution < 1.29 is 44.1 Å². The van der Waals surface area contributed by atoms with E-state index in [-0.39, 0.29) is 19.3 Å². The lowest BCUT2D eigenvalue weighted by atomic mass is 10.0. The first kappa shape index (κ1) is 30.7. The van der Waals surface area contributed by atoms with Crippen LogP contribution in [-0.4, -0.2) is 88.2 Å². The molecule has 0 rings (SSSR count). The van der Waals surface area contributed by atoms with Gasteiger partial charge in [-0.1, -0.05) is 0 Å². The molecule has 15 heteroatoms. The van der Waals surface area contributed by atoms with Gasteiger partial charge in [0.25, 0.3) is 0 Å². The zero-order valence-electron chi connectivity index (χ0n) is 18.7. The van der Waals surface area contributed by atoms with Gasteiger partial charge in [-0.2, -0.15) is 0 Å². The van der Waals surface area contributed by atoms with E-state index in [0.29, 0.717) is 19.4 Å². The molecule has 0 aliphatic rings. The molecule has 0 spiro atoms. The standard InChI is InChI=1S/C19H34N6O9/c20-8-2-1-3-11(17(31)25-13(9-21)19(33)34)24-18(32)12(5-7-15(28)29)23-16(30)10(22)4-6-14(26)27/h10-13H,1-9,20-22H2,(H,23,30)(H,24,32)(H,25,31)(H,26,27)(H,28,29)(H,33,34)/t10-,11-,12-,13-/m1/s1. The van der Waals surface area contributed by atoms with Crippen LogP contribution in [0.1, 0.15) is 44.9 Å². The van der Waals surface area contributed by atoms with Gasteiger partial charge in [0, 0.05) is 19.4 Å². The zero-order valence-corrected chi connectivity index (χ0v) is 18.7. The Balaban J connectivity index is 5.46. The van der Waals surface area contributed by atoms with Gasteiger partial charge in [-0.05, 0) is 38.6 Å². The lowest BCUT2D eigenvalue weighted by Crippen LogP contribution is -2.57. The van der Waals surface area contributed by atoms with Gasteiger partial charge < -0.3 is 48.5 Å². The molecule has 12 N–H and O–H groups in total. The Hall–Kier alpha value is -3.30. The molecule has 0 saturated carbocycles. The number of hydrogen-bond acceptors (Lipinski definition) is 9. The van der Waals surface area contributed by atoms with Crippen LogP contribution < -0.4 is 33.2 Å². The van der Waals surface area contributed by atoms with Crippen LogP contribution >= 0.6 is 0 Å². The Morgan fingerprint density at radius 3 is 1.59 bits per heavy atom. The fourth-order valence-corrected chi connectivity index (χ4v) is 2.75. The van der Waals surface area contributed by atoms with Crippen molar-refractivity contribution in [2.75, 3.05) is 13.1 Å². The first-order chi connectivity index (χ1) is 15.9. The maximum Gasteiger partial charge on any atom is 0.327 e. The molecular formula is C19H34N6O9. The third-order valence-electron chi connectivity index (χ3n) is 4.72. The van der Waals surface area contributed by atoms with Gasteiger partial charge in [-0.25, -0.2) is 4.79 Å². The van der Waals surface area contributed by atoms with Gasteiger partial charge in [0.05, 0.1) is 6.04 Å². The summed E-state index contributed by atoms with van der Waals surface area (Å²) in [5.41, 5.74) is 16.4. The molecule has 34 heavy (non-hydrogen) atoms. The molecule has 0 radical (unpaired) electrons. The molecule has 0 aliphatic carbocycles. The van der Waals surface area contributed by atoms with E-state index in [1.54, 1.807) is 0 Å². The number of carboxylic acid groups (broad SMARTS) is 3. The van der Waals surface area contributed by atoms with Crippen molar-refractivity contribution >= 4 is 35.6 Å². The Labute approximate surface area is 195 Å². The monoisotopic (exact) mass is 490 g/mol. The highest BCUT2D eigenvalue weighted by atomic mass is 16.4. The summed E-state index contributed by atoms with van der Waals surface area (Å²) < 4.78 is 0. The van der Waals surface area contributed by atoms with E-state index in [4.69, 9.17) is 32.5 Å². The summed E-state index contributed by atoms with van der Waals surface area (Å²) in [5.74, 6) is -6.38. The first-order valence-electron chi connectivity index (χ1n) is 10.7. The van der Waals surface area contributed by atoms with Crippen LogP contribution in [0.15, 0.2) is 0 Å². The molecule has 0 heterocycles. The molecule has 3 amide bonds. The number of nitrogens with one attached hydrogen (secondary N) is 3. The molecule has 0 unspecified atom stereocenters. The van der Waals surface area contributed by atoms with E-state index in [0.717, 1.165) is 0 Å². The van der Waals surface area contributed by atoms with Crippen LogP contribution in [-0.2, 0) is 28.8 Å². The molecule has 194 valence electrons. The van der Waals surface area contributed by atoms with Gasteiger partial charge in [0.1, 0.15) is 18.1 Å². The van der Waals surface area contributed by atoms with Gasteiger partial charge >= 0.3 is 17.9 Å². The highest BCUT2D eigenvalue weighted by Gasteiger charge is 2.30. The second-order valence-electron chi connectivity index (χ2n) is 7.51. The van der Waals surface area contributed by atoms with Crippen molar-refractivity contribution in [3.8, 4) is 0 Å². The lowest BCUT2D eigenvalue weighted by Gasteiger charge is -2.25. The summed E-state index contributed by atoms with van der Waals surface area (Å²) in [4.78, 5) is 70.5. The number of carbonyl (C=O) groups excluding carboxylic acids is 3. The Kier molecular flexibility index (Phi) is 14.7.